The first-order valence-corrected chi connectivity index (χ1v) is 8.71. The van der Waals surface area contributed by atoms with E-state index >= 15 is 0 Å². The lowest BCUT2D eigenvalue weighted by Gasteiger charge is -2.01. The number of esters is 1. The zero-order valence-electron chi connectivity index (χ0n) is 12.1. The maximum atomic E-state index is 11.8. The molecular formula is C13H14N2O6S2. The molecule has 1 amide bonds. The van der Waals surface area contributed by atoms with Gasteiger partial charge < -0.3 is 14.5 Å². The molecule has 8 nitrogen and oxygen atoms in total. The highest BCUT2D eigenvalue weighted by Gasteiger charge is 2.14. The lowest BCUT2D eigenvalue weighted by molar-refractivity contribution is -0.120. The van der Waals surface area contributed by atoms with Crippen molar-refractivity contribution in [1.82, 2.24) is 5.32 Å². The number of primary sulfonamides is 1. The maximum absolute atomic E-state index is 11.8. The predicted molar refractivity (Wildman–Crippen MR) is 81.3 cm³/mol. The lowest BCUT2D eigenvalue weighted by Crippen LogP contribution is -2.23. The molecular weight excluding hydrogens is 344 g/mol. The SMILES string of the molecule is COC(=O)c1ccc(CNC(=O)Cc2ccc(S(N)(=O)=O)s2)o1. The van der Waals surface area contributed by atoms with Crippen LogP contribution in [0.2, 0.25) is 0 Å². The Morgan fingerprint density at radius 3 is 2.65 bits per heavy atom. The van der Waals surface area contributed by atoms with E-state index in [2.05, 4.69) is 10.1 Å². The van der Waals surface area contributed by atoms with Crippen LogP contribution in [-0.4, -0.2) is 27.4 Å². The van der Waals surface area contributed by atoms with Gasteiger partial charge in [0, 0.05) is 4.88 Å². The average molecular weight is 358 g/mol. The van der Waals surface area contributed by atoms with E-state index in [0.29, 0.717) is 10.6 Å². The monoisotopic (exact) mass is 358 g/mol. The summed E-state index contributed by atoms with van der Waals surface area (Å²) in [6.07, 6.45) is 0.0186. The van der Waals surface area contributed by atoms with Gasteiger partial charge in [0.05, 0.1) is 20.1 Å². The molecule has 2 heterocycles. The third-order valence-corrected chi connectivity index (χ3v) is 5.28. The Bertz CT molecular complexity index is 821. The minimum atomic E-state index is -3.75. The van der Waals surface area contributed by atoms with Crippen molar-refractivity contribution in [2.24, 2.45) is 5.14 Å². The molecule has 2 rings (SSSR count). The van der Waals surface area contributed by atoms with Crippen LogP contribution in [0.1, 0.15) is 21.2 Å². The first kappa shape index (κ1) is 17.2. The lowest BCUT2D eigenvalue weighted by atomic mass is 10.3. The molecule has 124 valence electrons. The molecule has 0 saturated carbocycles. The van der Waals surface area contributed by atoms with Gasteiger partial charge in [-0.1, -0.05) is 0 Å². The Balaban J connectivity index is 1.89. The van der Waals surface area contributed by atoms with Crippen LogP contribution in [0.25, 0.3) is 0 Å². The van der Waals surface area contributed by atoms with Gasteiger partial charge in [0.1, 0.15) is 9.97 Å². The summed E-state index contributed by atoms with van der Waals surface area (Å²) in [5.74, 6) is -0.469. The standard InChI is InChI=1S/C13H14N2O6S2/c1-20-13(17)10-4-2-8(21-10)7-15-11(16)6-9-3-5-12(22-9)23(14,18)19/h2-5H,6-7H2,1H3,(H,15,16)(H2,14,18,19). The van der Waals surface area contributed by atoms with Crippen LogP contribution in [0.4, 0.5) is 0 Å². The molecule has 0 aromatic carbocycles. The van der Waals surface area contributed by atoms with Crippen LogP contribution < -0.4 is 10.5 Å². The number of carbonyl (C=O) groups excluding carboxylic acids is 2. The molecule has 0 aliphatic rings. The molecule has 3 N–H and O–H groups in total. The van der Waals surface area contributed by atoms with Crippen LogP contribution >= 0.6 is 11.3 Å². The van der Waals surface area contributed by atoms with Crippen LogP contribution in [0.5, 0.6) is 0 Å². The largest absolute Gasteiger partial charge is 0.463 e. The van der Waals surface area contributed by atoms with Gasteiger partial charge in [-0.05, 0) is 24.3 Å². The minimum absolute atomic E-state index is 0.00838. The number of rotatable bonds is 6. The number of amides is 1. The number of ether oxygens (including phenoxy) is 1. The first-order chi connectivity index (χ1) is 10.8. The smallest absolute Gasteiger partial charge is 0.373 e. The van der Waals surface area contributed by atoms with Gasteiger partial charge in [0.15, 0.2) is 0 Å². The Hall–Kier alpha value is -2.17. The summed E-state index contributed by atoms with van der Waals surface area (Å²) in [5.41, 5.74) is 0. The fraction of sp³-hybridized carbons (Fsp3) is 0.231. The number of thiophene rings is 1. The zero-order chi connectivity index (χ0) is 17.0. The second kappa shape index (κ2) is 6.94. The van der Waals surface area contributed by atoms with Crippen LogP contribution in [0, 0.1) is 0 Å². The number of hydrogen-bond donors (Lipinski definition) is 2. The summed E-state index contributed by atoms with van der Waals surface area (Å²) in [7, 11) is -2.51. The Morgan fingerprint density at radius 1 is 1.30 bits per heavy atom. The van der Waals surface area contributed by atoms with Gasteiger partial charge in [-0.15, -0.1) is 11.3 Å². The second-order valence-electron chi connectivity index (χ2n) is 4.48. The third-order valence-electron chi connectivity index (χ3n) is 2.76. The summed E-state index contributed by atoms with van der Waals surface area (Å²) in [5, 5.41) is 7.61. The fourth-order valence-corrected chi connectivity index (χ4v) is 3.47. The van der Waals surface area contributed by atoms with Crippen LogP contribution in [0.15, 0.2) is 32.9 Å². The van der Waals surface area contributed by atoms with Gasteiger partial charge in [-0.3, -0.25) is 4.79 Å². The first-order valence-electron chi connectivity index (χ1n) is 6.35. The van der Waals surface area contributed by atoms with E-state index in [1.807, 2.05) is 0 Å². The molecule has 10 heteroatoms. The predicted octanol–water partition coefficient (Wildman–Crippen LogP) is 0.634. The normalized spacial score (nSPS) is 11.2. The fourth-order valence-electron chi connectivity index (χ4n) is 1.70. The van der Waals surface area contributed by atoms with Crippen molar-refractivity contribution in [1.29, 1.82) is 0 Å². The van der Waals surface area contributed by atoms with E-state index in [9.17, 15) is 18.0 Å². The second-order valence-corrected chi connectivity index (χ2v) is 7.43. The number of hydrogen-bond acceptors (Lipinski definition) is 7. The number of carbonyl (C=O) groups is 2. The molecule has 23 heavy (non-hydrogen) atoms. The quantitative estimate of drug-likeness (QED) is 0.729. The molecule has 0 aliphatic heterocycles. The van der Waals surface area contributed by atoms with E-state index < -0.39 is 16.0 Å². The van der Waals surface area contributed by atoms with Crippen molar-refractivity contribution in [3.63, 3.8) is 0 Å². The highest BCUT2D eigenvalue weighted by Crippen LogP contribution is 2.20. The molecule has 0 aliphatic carbocycles. The zero-order valence-corrected chi connectivity index (χ0v) is 13.7. The molecule has 0 radical (unpaired) electrons. The highest BCUT2D eigenvalue weighted by molar-refractivity contribution is 7.91. The van der Waals surface area contributed by atoms with Crippen molar-refractivity contribution in [3.05, 3.63) is 40.7 Å². The molecule has 0 saturated heterocycles. The average Bonchev–Trinajstić information content (AvgIpc) is 3.12. The molecule has 2 aromatic heterocycles. The number of sulfonamides is 1. The van der Waals surface area contributed by atoms with Gasteiger partial charge in [-0.2, -0.15) is 0 Å². The van der Waals surface area contributed by atoms with E-state index in [0.717, 1.165) is 11.3 Å². The third kappa shape index (κ3) is 4.65. The number of furan rings is 1. The Morgan fingerprint density at radius 2 is 2.04 bits per heavy atom. The van der Waals surface area contributed by atoms with Gasteiger partial charge in [0.2, 0.25) is 21.7 Å². The van der Waals surface area contributed by atoms with Crippen molar-refractivity contribution in [2.75, 3.05) is 7.11 Å². The summed E-state index contributed by atoms with van der Waals surface area (Å²) >= 11 is 0.942. The Labute approximate surface area is 136 Å². The molecule has 0 unspecified atom stereocenters. The van der Waals surface area contributed by atoms with Gasteiger partial charge in [0.25, 0.3) is 0 Å². The highest BCUT2D eigenvalue weighted by atomic mass is 32.2. The van der Waals surface area contributed by atoms with Crippen molar-refractivity contribution in [3.8, 4) is 0 Å². The van der Waals surface area contributed by atoms with Crippen molar-refractivity contribution >= 4 is 33.2 Å². The van der Waals surface area contributed by atoms with E-state index in [-0.39, 0.29) is 28.8 Å². The van der Waals surface area contributed by atoms with E-state index in [4.69, 9.17) is 9.56 Å². The van der Waals surface area contributed by atoms with Gasteiger partial charge >= 0.3 is 5.97 Å². The molecule has 2 aromatic rings. The van der Waals surface area contributed by atoms with Crippen LogP contribution in [-0.2, 0) is 32.5 Å². The summed E-state index contributed by atoms with van der Waals surface area (Å²) in [6.45, 7) is 0.100. The summed E-state index contributed by atoms with van der Waals surface area (Å²) in [4.78, 5) is 23.6. The number of nitrogens with one attached hydrogen (secondary N) is 1. The molecule has 0 spiro atoms. The molecule has 0 atom stereocenters. The van der Waals surface area contributed by atoms with E-state index in [1.165, 1.54) is 25.3 Å². The Kier molecular flexibility index (Phi) is 5.19. The summed E-state index contributed by atoms with van der Waals surface area (Å²) < 4.78 is 32.0. The molecule has 0 fully saturated rings. The van der Waals surface area contributed by atoms with Crippen LogP contribution in [0.3, 0.4) is 0 Å². The minimum Gasteiger partial charge on any atom is -0.463 e. The molecule has 0 bridgehead atoms. The van der Waals surface area contributed by atoms with Gasteiger partial charge in [-0.25, -0.2) is 18.4 Å². The van der Waals surface area contributed by atoms with Crippen molar-refractivity contribution < 1.29 is 27.2 Å². The summed E-state index contributed by atoms with van der Waals surface area (Å²) in [6, 6.07) is 5.89. The topological polar surface area (TPSA) is 129 Å². The van der Waals surface area contributed by atoms with E-state index in [1.54, 1.807) is 6.07 Å². The maximum Gasteiger partial charge on any atom is 0.373 e. The number of methoxy groups -OCH3 is 1. The van der Waals surface area contributed by atoms with Crippen molar-refractivity contribution in [2.45, 2.75) is 17.2 Å². The number of nitrogens with two attached hydrogens (primary N) is 1.